The van der Waals surface area contributed by atoms with Gasteiger partial charge in [-0.15, -0.1) is 0 Å². The number of methoxy groups -OCH3 is 1. The van der Waals surface area contributed by atoms with E-state index in [1.165, 1.54) is 0 Å². The van der Waals surface area contributed by atoms with Crippen LogP contribution in [-0.2, 0) is 0 Å². The van der Waals surface area contributed by atoms with E-state index in [2.05, 4.69) is 31.9 Å². The molecule has 2 N–H and O–H groups in total. The number of rotatable bonds is 4. The summed E-state index contributed by atoms with van der Waals surface area (Å²) >= 11 is 6.98. The molecule has 19 heavy (non-hydrogen) atoms. The molecule has 1 atom stereocenters. The molecular weight excluding hydrogens is 374 g/mol. The fraction of sp³-hybridized carbons (Fsp3) is 0.286. The van der Waals surface area contributed by atoms with Crippen LogP contribution in [0.15, 0.2) is 37.6 Å². The van der Waals surface area contributed by atoms with Crippen LogP contribution in [0, 0.1) is 0 Å². The fourth-order valence-electron chi connectivity index (χ4n) is 1.77. The summed E-state index contributed by atoms with van der Waals surface area (Å²) in [6.45, 7) is 2.03. The predicted octanol–water partition coefficient (Wildman–Crippen LogP) is 4.89. The van der Waals surface area contributed by atoms with Crippen LogP contribution in [0.5, 0.6) is 5.75 Å². The number of ether oxygens (including phenoxy) is 1. The quantitative estimate of drug-likeness (QED) is 0.810. The van der Waals surface area contributed by atoms with Gasteiger partial charge >= 0.3 is 0 Å². The zero-order valence-electron chi connectivity index (χ0n) is 10.7. The Labute approximate surface area is 129 Å². The van der Waals surface area contributed by atoms with Gasteiger partial charge in [0.05, 0.1) is 17.6 Å². The second kappa shape index (κ2) is 6.11. The summed E-state index contributed by atoms with van der Waals surface area (Å²) in [4.78, 5) is 0. The molecule has 1 aromatic heterocycles. The van der Waals surface area contributed by atoms with Gasteiger partial charge in [-0.1, -0.05) is 6.92 Å². The van der Waals surface area contributed by atoms with Crippen molar-refractivity contribution in [1.29, 1.82) is 0 Å². The number of hydrogen-bond donors (Lipinski definition) is 1. The SMILES string of the molecule is CCC(N)c1ccc(-c2cc(OC)c(Br)cc2Br)o1. The van der Waals surface area contributed by atoms with Crippen molar-refractivity contribution in [2.45, 2.75) is 19.4 Å². The molecule has 1 unspecified atom stereocenters. The maximum absolute atomic E-state index is 5.97. The third-order valence-corrected chi connectivity index (χ3v) is 4.21. The zero-order valence-corrected chi connectivity index (χ0v) is 13.9. The van der Waals surface area contributed by atoms with E-state index < -0.39 is 0 Å². The highest BCUT2D eigenvalue weighted by Gasteiger charge is 2.14. The molecule has 0 fully saturated rings. The smallest absolute Gasteiger partial charge is 0.135 e. The Morgan fingerprint density at radius 1 is 1.26 bits per heavy atom. The number of halogens is 2. The topological polar surface area (TPSA) is 48.4 Å². The second-order valence-electron chi connectivity index (χ2n) is 4.18. The highest BCUT2D eigenvalue weighted by atomic mass is 79.9. The number of nitrogens with two attached hydrogens (primary N) is 1. The van der Waals surface area contributed by atoms with Gasteiger partial charge < -0.3 is 14.9 Å². The van der Waals surface area contributed by atoms with Crippen LogP contribution < -0.4 is 10.5 Å². The van der Waals surface area contributed by atoms with E-state index >= 15 is 0 Å². The minimum Gasteiger partial charge on any atom is -0.496 e. The third-order valence-electron chi connectivity index (χ3n) is 2.94. The van der Waals surface area contributed by atoms with E-state index in [-0.39, 0.29) is 6.04 Å². The van der Waals surface area contributed by atoms with Crippen LogP contribution in [0.1, 0.15) is 25.1 Å². The molecule has 2 rings (SSSR count). The Morgan fingerprint density at radius 3 is 2.63 bits per heavy atom. The van der Waals surface area contributed by atoms with E-state index in [9.17, 15) is 0 Å². The zero-order chi connectivity index (χ0) is 14.0. The van der Waals surface area contributed by atoms with Gasteiger partial charge in [0.15, 0.2) is 0 Å². The van der Waals surface area contributed by atoms with Gasteiger partial charge in [-0.2, -0.15) is 0 Å². The molecule has 0 amide bonds. The molecule has 1 aromatic carbocycles. The van der Waals surface area contributed by atoms with Gasteiger partial charge in [-0.25, -0.2) is 0 Å². The lowest BCUT2D eigenvalue weighted by atomic mass is 10.1. The van der Waals surface area contributed by atoms with Crippen molar-refractivity contribution in [3.05, 3.63) is 39.0 Å². The van der Waals surface area contributed by atoms with Crippen LogP contribution >= 0.6 is 31.9 Å². The van der Waals surface area contributed by atoms with Crippen LogP contribution in [0.25, 0.3) is 11.3 Å². The number of furan rings is 1. The lowest BCUT2D eigenvalue weighted by molar-refractivity contribution is 0.412. The molecule has 3 nitrogen and oxygen atoms in total. The standard InChI is InChI=1S/C14H15Br2NO2/c1-3-11(17)13-5-4-12(19-13)8-6-14(18-2)10(16)7-9(8)15/h4-7,11H,3,17H2,1-2H3. The lowest BCUT2D eigenvalue weighted by Gasteiger charge is -2.08. The van der Waals surface area contributed by atoms with Crippen molar-refractivity contribution in [2.24, 2.45) is 5.73 Å². The summed E-state index contributed by atoms with van der Waals surface area (Å²) < 4.78 is 12.9. The maximum atomic E-state index is 5.97. The fourth-order valence-corrected chi connectivity index (χ4v) is 3.12. The van der Waals surface area contributed by atoms with Crippen molar-refractivity contribution in [2.75, 3.05) is 7.11 Å². The molecule has 0 radical (unpaired) electrons. The molecule has 0 aliphatic rings. The largest absolute Gasteiger partial charge is 0.496 e. The normalized spacial score (nSPS) is 12.5. The molecule has 0 saturated carbocycles. The Kier molecular flexibility index (Phi) is 4.71. The minimum absolute atomic E-state index is 0.0649. The Morgan fingerprint density at radius 2 is 2.00 bits per heavy atom. The minimum atomic E-state index is -0.0649. The first-order valence-electron chi connectivity index (χ1n) is 5.95. The first-order chi connectivity index (χ1) is 9.06. The van der Waals surface area contributed by atoms with E-state index in [4.69, 9.17) is 14.9 Å². The van der Waals surface area contributed by atoms with Gasteiger partial charge in [0.2, 0.25) is 0 Å². The Balaban J connectivity index is 2.44. The molecule has 1 heterocycles. The van der Waals surface area contributed by atoms with Gasteiger partial charge in [-0.3, -0.25) is 0 Å². The first-order valence-corrected chi connectivity index (χ1v) is 7.54. The molecule has 0 saturated heterocycles. The summed E-state index contributed by atoms with van der Waals surface area (Å²) in [7, 11) is 1.64. The first kappa shape index (κ1) is 14.6. The average Bonchev–Trinajstić information content (AvgIpc) is 2.87. The second-order valence-corrected chi connectivity index (χ2v) is 5.89. The van der Waals surface area contributed by atoms with E-state index in [1.807, 2.05) is 31.2 Å². The van der Waals surface area contributed by atoms with E-state index in [0.717, 1.165) is 38.2 Å². The van der Waals surface area contributed by atoms with Crippen molar-refractivity contribution >= 4 is 31.9 Å². The molecular formula is C14H15Br2NO2. The van der Waals surface area contributed by atoms with Crippen molar-refractivity contribution in [3.8, 4) is 17.1 Å². The summed E-state index contributed by atoms with van der Waals surface area (Å²) in [5.41, 5.74) is 6.91. The van der Waals surface area contributed by atoms with Gasteiger partial charge in [0.1, 0.15) is 17.3 Å². The molecule has 0 bridgehead atoms. The predicted molar refractivity (Wildman–Crippen MR) is 83.3 cm³/mol. The monoisotopic (exact) mass is 387 g/mol. The highest BCUT2D eigenvalue weighted by Crippen LogP contribution is 2.38. The number of benzene rings is 1. The third kappa shape index (κ3) is 3.04. The molecule has 5 heteroatoms. The van der Waals surface area contributed by atoms with Gasteiger partial charge in [-0.05, 0) is 62.5 Å². The summed E-state index contributed by atoms with van der Waals surface area (Å²) in [6, 6.07) is 7.65. The summed E-state index contributed by atoms with van der Waals surface area (Å²) in [6.07, 6.45) is 0.845. The van der Waals surface area contributed by atoms with Crippen molar-refractivity contribution in [1.82, 2.24) is 0 Å². The van der Waals surface area contributed by atoms with Gasteiger partial charge in [0, 0.05) is 10.0 Å². The maximum Gasteiger partial charge on any atom is 0.135 e. The number of hydrogen-bond acceptors (Lipinski definition) is 3. The van der Waals surface area contributed by atoms with E-state index in [0.29, 0.717) is 0 Å². The van der Waals surface area contributed by atoms with Gasteiger partial charge in [0.25, 0.3) is 0 Å². The van der Waals surface area contributed by atoms with Crippen LogP contribution in [0.3, 0.4) is 0 Å². The highest BCUT2D eigenvalue weighted by molar-refractivity contribution is 9.11. The van der Waals surface area contributed by atoms with Crippen LogP contribution in [0.2, 0.25) is 0 Å². The molecule has 0 aliphatic heterocycles. The van der Waals surface area contributed by atoms with E-state index in [1.54, 1.807) is 7.11 Å². The average molecular weight is 389 g/mol. The van der Waals surface area contributed by atoms with Crippen LogP contribution in [0.4, 0.5) is 0 Å². The van der Waals surface area contributed by atoms with Crippen molar-refractivity contribution < 1.29 is 9.15 Å². The molecule has 0 spiro atoms. The molecule has 0 aliphatic carbocycles. The Hall–Kier alpha value is -0.780. The summed E-state index contributed by atoms with van der Waals surface area (Å²) in [5.74, 6) is 2.33. The van der Waals surface area contributed by atoms with Crippen molar-refractivity contribution in [3.63, 3.8) is 0 Å². The lowest BCUT2D eigenvalue weighted by Crippen LogP contribution is -2.06. The molecule has 2 aromatic rings. The molecule has 102 valence electrons. The van der Waals surface area contributed by atoms with Crippen LogP contribution in [-0.4, -0.2) is 7.11 Å². The summed E-state index contributed by atoms with van der Waals surface area (Å²) in [5, 5.41) is 0. The Bertz CT molecular complexity index is 581.